The number of carboxylic acid groups (broad SMARTS) is 1. The largest absolute Gasteiger partial charge is 0.496 e. The van der Waals surface area contributed by atoms with E-state index in [9.17, 15) is 14.3 Å². The average Bonchev–Trinajstić information content (AvgIpc) is 3.04. The molecule has 3 aromatic rings. The third kappa shape index (κ3) is 2.91. The van der Waals surface area contributed by atoms with Crippen LogP contribution in [0.2, 0.25) is 0 Å². The number of nitrogens with one attached hydrogen (secondary N) is 1. The van der Waals surface area contributed by atoms with Gasteiger partial charge in [-0.05, 0) is 54.1 Å². The molecule has 6 heteroatoms. The molecule has 2 N–H and O–H groups in total. The lowest BCUT2D eigenvalue weighted by Crippen LogP contribution is -2.00. The zero-order chi connectivity index (χ0) is 16.4. The van der Waals surface area contributed by atoms with Crippen LogP contribution in [0.3, 0.4) is 0 Å². The molecule has 0 unspecified atom stereocenters. The van der Waals surface area contributed by atoms with E-state index >= 15 is 0 Å². The van der Waals surface area contributed by atoms with Gasteiger partial charge in [-0.15, -0.1) is 0 Å². The fourth-order valence-electron chi connectivity index (χ4n) is 2.28. The van der Waals surface area contributed by atoms with Gasteiger partial charge in [0.2, 0.25) is 0 Å². The molecule has 0 radical (unpaired) electrons. The van der Waals surface area contributed by atoms with Gasteiger partial charge in [-0.3, -0.25) is 5.10 Å². The summed E-state index contributed by atoms with van der Waals surface area (Å²) >= 11 is 0. The number of carboxylic acids is 1. The molecular weight excluding hydrogens is 299 g/mol. The first-order valence-electron chi connectivity index (χ1n) is 6.81. The molecule has 0 saturated carbocycles. The van der Waals surface area contributed by atoms with Gasteiger partial charge in [0.25, 0.3) is 0 Å². The minimum Gasteiger partial charge on any atom is -0.496 e. The van der Waals surface area contributed by atoms with Gasteiger partial charge in [0, 0.05) is 5.56 Å². The third-order valence-electron chi connectivity index (χ3n) is 3.46. The number of rotatable bonds is 4. The maximum Gasteiger partial charge on any atom is 0.339 e. The van der Waals surface area contributed by atoms with E-state index in [1.54, 1.807) is 30.3 Å². The van der Waals surface area contributed by atoms with Crippen LogP contribution in [0.5, 0.6) is 5.75 Å². The quantitative estimate of drug-likeness (QED) is 0.772. The van der Waals surface area contributed by atoms with Crippen LogP contribution in [0, 0.1) is 5.82 Å². The van der Waals surface area contributed by atoms with Crippen LogP contribution in [0.4, 0.5) is 4.39 Å². The maximum absolute atomic E-state index is 13.0. The number of aromatic carboxylic acids is 1. The molecule has 0 aliphatic carbocycles. The highest BCUT2D eigenvalue weighted by molar-refractivity contribution is 5.92. The van der Waals surface area contributed by atoms with Gasteiger partial charge in [-0.1, -0.05) is 0 Å². The molecule has 0 fully saturated rings. The molecule has 0 atom stereocenters. The number of hydrogen-bond acceptors (Lipinski definition) is 3. The molecule has 0 aliphatic rings. The number of H-pyrrole nitrogens is 1. The lowest BCUT2D eigenvalue weighted by atomic mass is 10.1. The number of benzene rings is 2. The van der Waals surface area contributed by atoms with Crippen molar-refractivity contribution in [2.24, 2.45) is 0 Å². The standard InChI is InChI=1S/C17H13FN2O3/c1-23-16-7-4-11(8-13(16)17(21)22)15-9-14(19-20-15)10-2-5-12(18)6-3-10/h2-9H,1H3,(H,19,20)(H,21,22). The van der Waals surface area contributed by atoms with Crippen molar-refractivity contribution in [3.63, 3.8) is 0 Å². The van der Waals surface area contributed by atoms with Crippen LogP contribution in [0.25, 0.3) is 22.5 Å². The van der Waals surface area contributed by atoms with Gasteiger partial charge in [0.15, 0.2) is 0 Å². The molecule has 1 aromatic heterocycles. The zero-order valence-corrected chi connectivity index (χ0v) is 12.2. The topological polar surface area (TPSA) is 75.2 Å². The first kappa shape index (κ1) is 14.8. The summed E-state index contributed by atoms with van der Waals surface area (Å²) in [5.74, 6) is -1.09. The molecule has 0 bridgehead atoms. The molecular formula is C17H13FN2O3. The van der Waals surface area contributed by atoms with E-state index in [1.165, 1.54) is 25.3 Å². The van der Waals surface area contributed by atoms with Crippen molar-refractivity contribution in [1.29, 1.82) is 0 Å². The second-order valence-corrected chi connectivity index (χ2v) is 4.89. The number of nitrogens with zero attached hydrogens (tertiary/aromatic N) is 1. The number of ether oxygens (including phenoxy) is 1. The summed E-state index contributed by atoms with van der Waals surface area (Å²) in [6, 6.07) is 12.6. The molecule has 3 rings (SSSR count). The lowest BCUT2D eigenvalue weighted by Gasteiger charge is -2.06. The Balaban J connectivity index is 1.98. The van der Waals surface area contributed by atoms with E-state index in [4.69, 9.17) is 4.74 Å². The van der Waals surface area contributed by atoms with E-state index in [2.05, 4.69) is 10.2 Å². The van der Waals surface area contributed by atoms with Crippen molar-refractivity contribution in [3.8, 4) is 28.3 Å². The van der Waals surface area contributed by atoms with Gasteiger partial charge in [-0.2, -0.15) is 5.10 Å². The predicted octanol–water partition coefficient (Wildman–Crippen LogP) is 3.59. The van der Waals surface area contributed by atoms with Crippen molar-refractivity contribution < 1.29 is 19.0 Å². The molecule has 0 saturated heterocycles. The second kappa shape index (κ2) is 5.92. The maximum atomic E-state index is 13.0. The number of carbonyl (C=O) groups is 1. The monoisotopic (exact) mass is 312 g/mol. The number of hydrogen-bond donors (Lipinski definition) is 2. The SMILES string of the molecule is COc1ccc(-c2cc(-c3ccc(F)cc3)[nH]n2)cc1C(=O)O. The lowest BCUT2D eigenvalue weighted by molar-refractivity contribution is 0.0693. The molecule has 2 aromatic carbocycles. The average molecular weight is 312 g/mol. The Kier molecular flexibility index (Phi) is 3.80. The number of aromatic amines is 1. The summed E-state index contributed by atoms with van der Waals surface area (Å²) in [6.07, 6.45) is 0. The Hall–Kier alpha value is -3.15. The van der Waals surface area contributed by atoms with Crippen molar-refractivity contribution >= 4 is 5.97 Å². The van der Waals surface area contributed by atoms with Crippen molar-refractivity contribution in [3.05, 3.63) is 59.9 Å². The van der Waals surface area contributed by atoms with Gasteiger partial charge in [0.1, 0.15) is 17.1 Å². The number of halogens is 1. The van der Waals surface area contributed by atoms with Crippen LogP contribution in [-0.2, 0) is 0 Å². The second-order valence-electron chi connectivity index (χ2n) is 4.89. The van der Waals surface area contributed by atoms with E-state index in [1.807, 2.05) is 0 Å². The summed E-state index contributed by atoms with van der Waals surface area (Å²) in [4.78, 5) is 11.3. The molecule has 0 spiro atoms. The van der Waals surface area contributed by atoms with Gasteiger partial charge < -0.3 is 9.84 Å². The van der Waals surface area contributed by atoms with Crippen molar-refractivity contribution in [1.82, 2.24) is 10.2 Å². The summed E-state index contributed by atoms with van der Waals surface area (Å²) in [7, 11) is 1.42. The highest BCUT2D eigenvalue weighted by Crippen LogP contribution is 2.28. The van der Waals surface area contributed by atoms with Gasteiger partial charge >= 0.3 is 5.97 Å². The summed E-state index contributed by atoms with van der Waals surface area (Å²) < 4.78 is 18.0. The van der Waals surface area contributed by atoms with Crippen LogP contribution < -0.4 is 4.74 Å². The van der Waals surface area contributed by atoms with Gasteiger partial charge in [-0.25, -0.2) is 9.18 Å². The summed E-state index contributed by atoms with van der Waals surface area (Å²) in [5, 5.41) is 16.3. The van der Waals surface area contributed by atoms with Crippen LogP contribution in [-0.4, -0.2) is 28.4 Å². The molecule has 23 heavy (non-hydrogen) atoms. The molecule has 0 amide bonds. The molecule has 1 heterocycles. The highest BCUT2D eigenvalue weighted by atomic mass is 19.1. The predicted molar refractivity (Wildman–Crippen MR) is 82.9 cm³/mol. The summed E-state index contributed by atoms with van der Waals surface area (Å²) in [6.45, 7) is 0. The van der Waals surface area contributed by atoms with E-state index in [0.29, 0.717) is 17.0 Å². The fraction of sp³-hybridized carbons (Fsp3) is 0.0588. The molecule has 0 aliphatic heterocycles. The highest BCUT2D eigenvalue weighted by Gasteiger charge is 2.14. The van der Waals surface area contributed by atoms with Crippen molar-refractivity contribution in [2.75, 3.05) is 7.11 Å². The zero-order valence-electron chi connectivity index (χ0n) is 12.2. The Morgan fingerprint density at radius 3 is 2.48 bits per heavy atom. The van der Waals surface area contributed by atoms with E-state index in [-0.39, 0.29) is 17.1 Å². The Labute approximate surface area is 131 Å². The number of methoxy groups -OCH3 is 1. The normalized spacial score (nSPS) is 10.5. The smallest absolute Gasteiger partial charge is 0.339 e. The van der Waals surface area contributed by atoms with E-state index in [0.717, 1.165) is 5.56 Å². The minimum atomic E-state index is -1.07. The van der Waals surface area contributed by atoms with Crippen LogP contribution in [0.15, 0.2) is 48.5 Å². The first-order chi connectivity index (χ1) is 11.1. The first-order valence-corrected chi connectivity index (χ1v) is 6.81. The Morgan fingerprint density at radius 1 is 1.13 bits per heavy atom. The minimum absolute atomic E-state index is 0.0660. The summed E-state index contributed by atoms with van der Waals surface area (Å²) in [5.41, 5.74) is 2.81. The molecule has 5 nitrogen and oxygen atoms in total. The van der Waals surface area contributed by atoms with Gasteiger partial charge in [0.05, 0.1) is 18.5 Å². The fourth-order valence-corrected chi connectivity index (χ4v) is 2.28. The Bertz CT molecular complexity index is 857. The van der Waals surface area contributed by atoms with Crippen molar-refractivity contribution in [2.45, 2.75) is 0 Å². The van der Waals surface area contributed by atoms with E-state index < -0.39 is 5.97 Å². The third-order valence-corrected chi connectivity index (χ3v) is 3.46. The van der Waals surface area contributed by atoms with Crippen LogP contribution in [0.1, 0.15) is 10.4 Å². The molecule has 116 valence electrons. The Morgan fingerprint density at radius 2 is 1.83 bits per heavy atom. The number of aromatic nitrogens is 2. The van der Waals surface area contributed by atoms with Crippen LogP contribution >= 0.6 is 0 Å².